The topological polar surface area (TPSA) is 66.8 Å². The number of ether oxygens (including phenoxy) is 1. The van der Waals surface area contributed by atoms with Gasteiger partial charge in [0, 0.05) is 44.3 Å². The van der Waals surface area contributed by atoms with Crippen LogP contribution in [-0.2, 0) is 14.3 Å². The van der Waals surface area contributed by atoms with Crippen LogP contribution in [-0.4, -0.2) is 52.4 Å². The maximum absolute atomic E-state index is 11.8. The number of likely N-dealkylation sites (tertiary alicyclic amines) is 1. The van der Waals surface area contributed by atoms with Gasteiger partial charge in [0.15, 0.2) is 0 Å². The van der Waals surface area contributed by atoms with Gasteiger partial charge in [0.1, 0.15) is 5.54 Å². The molecule has 0 aromatic carbocycles. The van der Waals surface area contributed by atoms with Crippen LogP contribution < -0.4 is 0 Å². The Labute approximate surface area is 99.2 Å². The van der Waals surface area contributed by atoms with Gasteiger partial charge in [-0.2, -0.15) is 12.6 Å². The van der Waals surface area contributed by atoms with E-state index in [1.165, 1.54) is 4.90 Å². The zero-order valence-corrected chi connectivity index (χ0v) is 9.78. The lowest BCUT2D eigenvalue weighted by Crippen LogP contribution is -2.58. The third kappa shape index (κ3) is 1.80. The van der Waals surface area contributed by atoms with E-state index in [0.29, 0.717) is 39.0 Å². The number of hydrogen-bond donors (Lipinski definition) is 2. The van der Waals surface area contributed by atoms with Gasteiger partial charge in [0.2, 0.25) is 5.91 Å². The fraction of sp³-hybridized carbons (Fsp3) is 0.800. The fourth-order valence-corrected chi connectivity index (χ4v) is 2.73. The van der Waals surface area contributed by atoms with Crippen LogP contribution in [0.4, 0.5) is 0 Å². The molecule has 2 heterocycles. The van der Waals surface area contributed by atoms with Crippen LogP contribution in [0.2, 0.25) is 0 Å². The minimum absolute atomic E-state index is 0.0495. The predicted molar refractivity (Wildman–Crippen MR) is 59.5 cm³/mol. The van der Waals surface area contributed by atoms with Gasteiger partial charge >= 0.3 is 5.97 Å². The van der Waals surface area contributed by atoms with Crippen molar-refractivity contribution in [1.82, 2.24) is 4.90 Å². The average molecular weight is 245 g/mol. The lowest BCUT2D eigenvalue weighted by molar-refractivity contribution is -0.163. The van der Waals surface area contributed by atoms with E-state index in [9.17, 15) is 14.7 Å². The first kappa shape index (κ1) is 11.7. The summed E-state index contributed by atoms with van der Waals surface area (Å²) in [5, 5.41) is 9.33. The normalized spacial score (nSPS) is 29.4. The second kappa shape index (κ2) is 4.25. The zero-order chi connectivity index (χ0) is 11.8. The van der Waals surface area contributed by atoms with Crippen molar-refractivity contribution in [3.05, 3.63) is 0 Å². The van der Waals surface area contributed by atoms with Crippen LogP contribution in [0.5, 0.6) is 0 Å². The van der Waals surface area contributed by atoms with Gasteiger partial charge in [-0.3, -0.25) is 4.79 Å². The van der Waals surface area contributed by atoms with Gasteiger partial charge in [0.25, 0.3) is 0 Å². The fourth-order valence-electron chi connectivity index (χ4n) is 2.41. The van der Waals surface area contributed by atoms with Crippen molar-refractivity contribution in [3.63, 3.8) is 0 Å². The van der Waals surface area contributed by atoms with Gasteiger partial charge in [-0.15, -0.1) is 0 Å². The molecule has 2 aliphatic heterocycles. The number of aliphatic carboxylic acids is 1. The first-order valence-corrected chi connectivity index (χ1v) is 5.87. The third-order valence-corrected chi connectivity index (χ3v) is 3.69. The van der Waals surface area contributed by atoms with Crippen molar-refractivity contribution in [1.29, 1.82) is 0 Å². The Morgan fingerprint density at radius 3 is 2.56 bits per heavy atom. The van der Waals surface area contributed by atoms with E-state index in [1.807, 2.05) is 0 Å². The maximum Gasteiger partial charge on any atom is 0.329 e. The standard InChI is InChI=1S/C10H15NO4S/c12-8-5-7(16)6-11(8)10(9(13)14)1-3-15-4-2-10/h7,16H,1-6H2,(H,13,14). The molecule has 90 valence electrons. The SMILES string of the molecule is O=C1CC(S)CN1C1(C(=O)O)CCOCC1. The molecule has 0 aromatic heterocycles. The van der Waals surface area contributed by atoms with Crippen molar-refractivity contribution in [2.24, 2.45) is 0 Å². The van der Waals surface area contributed by atoms with Gasteiger partial charge in [-0.05, 0) is 0 Å². The molecule has 16 heavy (non-hydrogen) atoms. The van der Waals surface area contributed by atoms with Gasteiger partial charge in [-0.1, -0.05) is 0 Å². The average Bonchev–Trinajstić information content (AvgIpc) is 2.59. The highest BCUT2D eigenvalue weighted by molar-refractivity contribution is 7.81. The molecule has 1 N–H and O–H groups in total. The first-order valence-electron chi connectivity index (χ1n) is 5.36. The number of carboxylic acids is 1. The molecule has 0 spiro atoms. The maximum atomic E-state index is 11.8. The summed E-state index contributed by atoms with van der Waals surface area (Å²) in [5.74, 6) is -1.03. The molecule has 2 saturated heterocycles. The number of nitrogens with zero attached hydrogens (tertiary/aromatic N) is 1. The number of hydrogen-bond acceptors (Lipinski definition) is 4. The minimum Gasteiger partial charge on any atom is -0.479 e. The summed E-state index contributed by atoms with van der Waals surface area (Å²) >= 11 is 4.25. The highest BCUT2D eigenvalue weighted by Crippen LogP contribution is 2.33. The molecule has 1 unspecified atom stereocenters. The first-order chi connectivity index (χ1) is 7.56. The molecule has 2 fully saturated rings. The molecule has 1 amide bonds. The number of carboxylic acid groups (broad SMARTS) is 1. The van der Waals surface area contributed by atoms with E-state index in [1.54, 1.807) is 0 Å². The van der Waals surface area contributed by atoms with E-state index in [4.69, 9.17) is 4.74 Å². The highest BCUT2D eigenvalue weighted by atomic mass is 32.1. The van der Waals surface area contributed by atoms with Crippen molar-refractivity contribution >= 4 is 24.5 Å². The van der Waals surface area contributed by atoms with Crippen LogP contribution in [0.25, 0.3) is 0 Å². The van der Waals surface area contributed by atoms with Gasteiger partial charge in [0.05, 0.1) is 0 Å². The predicted octanol–water partition coefficient (Wildman–Crippen LogP) is 0.151. The third-order valence-electron chi connectivity index (χ3n) is 3.34. The summed E-state index contributed by atoms with van der Waals surface area (Å²) in [5.41, 5.74) is -1.06. The van der Waals surface area contributed by atoms with E-state index >= 15 is 0 Å². The quantitative estimate of drug-likeness (QED) is 0.680. The Morgan fingerprint density at radius 2 is 2.12 bits per heavy atom. The molecule has 0 saturated carbocycles. The monoisotopic (exact) mass is 245 g/mol. The van der Waals surface area contributed by atoms with Crippen LogP contribution in [0.3, 0.4) is 0 Å². The molecule has 2 rings (SSSR count). The van der Waals surface area contributed by atoms with Crippen molar-refractivity contribution in [3.8, 4) is 0 Å². The molecule has 0 aromatic rings. The van der Waals surface area contributed by atoms with Crippen LogP contribution in [0.1, 0.15) is 19.3 Å². The number of thiol groups is 1. The van der Waals surface area contributed by atoms with E-state index < -0.39 is 11.5 Å². The zero-order valence-electron chi connectivity index (χ0n) is 8.89. The molecule has 2 aliphatic rings. The molecular weight excluding hydrogens is 230 g/mol. The number of carbonyl (C=O) groups is 2. The Morgan fingerprint density at radius 1 is 1.50 bits per heavy atom. The van der Waals surface area contributed by atoms with Gasteiger partial charge < -0.3 is 14.7 Å². The number of amides is 1. The Hall–Kier alpha value is -0.750. The molecule has 6 heteroatoms. The summed E-state index contributed by atoms with van der Waals surface area (Å²) in [6.07, 6.45) is 1.07. The molecule has 0 aliphatic carbocycles. The molecule has 0 bridgehead atoms. The lowest BCUT2D eigenvalue weighted by Gasteiger charge is -2.40. The number of carbonyl (C=O) groups excluding carboxylic acids is 1. The van der Waals surface area contributed by atoms with Crippen LogP contribution >= 0.6 is 12.6 Å². The largest absolute Gasteiger partial charge is 0.479 e. The van der Waals surface area contributed by atoms with E-state index in [0.717, 1.165) is 0 Å². The summed E-state index contributed by atoms with van der Waals surface area (Å²) in [6, 6.07) is 0. The van der Waals surface area contributed by atoms with Crippen molar-refractivity contribution < 1.29 is 19.4 Å². The molecule has 1 atom stereocenters. The molecule has 0 radical (unpaired) electrons. The Bertz CT molecular complexity index is 312. The van der Waals surface area contributed by atoms with E-state index in [2.05, 4.69) is 12.6 Å². The smallest absolute Gasteiger partial charge is 0.329 e. The van der Waals surface area contributed by atoms with Crippen LogP contribution in [0.15, 0.2) is 0 Å². The van der Waals surface area contributed by atoms with Crippen LogP contribution in [0, 0.1) is 0 Å². The van der Waals surface area contributed by atoms with Crippen molar-refractivity contribution in [2.75, 3.05) is 19.8 Å². The summed E-state index contributed by atoms with van der Waals surface area (Å²) < 4.78 is 5.18. The highest BCUT2D eigenvalue weighted by Gasteiger charge is 2.50. The lowest BCUT2D eigenvalue weighted by atomic mass is 9.88. The second-order valence-electron chi connectivity index (χ2n) is 4.31. The number of rotatable bonds is 2. The summed E-state index contributed by atoms with van der Waals surface area (Å²) in [7, 11) is 0. The Kier molecular flexibility index (Phi) is 3.12. The van der Waals surface area contributed by atoms with E-state index in [-0.39, 0.29) is 11.2 Å². The minimum atomic E-state index is -1.06. The Balaban J connectivity index is 2.25. The van der Waals surface area contributed by atoms with Gasteiger partial charge in [-0.25, -0.2) is 4.79 Å². The summed E-state index contributed by atoms with van der Waals surface area (Å²) in [6.45, 7) is 1.22. The molecular formula is C10H15NO4S. The second-order valence-corrected chi connectivity index (χ2v) is 5.04. The summed E-state index contributed by atoms with van der Waals surface area (Å²) in [4.78, 5) is 24.7. The molecule has 5 nitrogen and oxygen atoms in total. The van der Waals surface area contributed by atoms with Crippen molar-refractivity contribution in [2.45, 2.75) is 30.1 Å².